The summed E-state index contributed by atoms with van der Waals surface area (Å²) in [6.45, 7) is 2.70. The average Bonchev–Trinajstić information content (AvgIpc) is 2.48. The van der Waals surface area contributed by atoms with Crippen LogP contribution in [0.2, 0.25) is 5.02 Å². The zero-order valence-electron chi connectivity index (χ0n) is 12.1. The molecule has 0 aliphatic rings. The van der Waals surface area contributed by atoms with Crippen LogP contribution >= 0.6 is 27.5 Å². The van der Waals surface area contributed by atoms with Crippen molar-refractivity contribution in [2.75, 3.05) is 13.6 Å². The number of likely N-dealkylation sites (N-methyl/N-ethyl adjacent to an activating group) is 1. The van der Waals surface area contributed by atoms with Gasteiger partial charge in [0.15, 0.2) is 0 Å². The topological polar surface area (TPSA) is 42.1 Å². The molecule has 0 fully saturated rings. The van der Waals surface area contributed by atoms with Crippen LogP contribution in [0.5, 0.6) is 0 Å². The number of hydrogen-bond donors (Lipinski definition) is 1. The summed E-state index contributed by atoms with van der Waals surface area (Å²) in [5.74, 6) is 0. The van der Waals surface area contributed by atoms with Crippen molar-refractivity contribution in [3.05, 3.63) is 63.3 Å². The molecule has 0 bridgehead atoms. The lowest BCUT2D eigenvalue weighted by molar-refractivity contribution is 0.190. The molecule has 5 heteroatoms. The molecular formula is C16H19BrClN3. The lowest BCUT2D eigenvalue weighted by atomic mass is 10.0. The maximum Gasteiger partial charge on any atom is 0.0489 e. The van der Waals surface area contributed by atoms with Gasteiger partial charge in [0, 0.05) is 40.5 Å². The Bertz CT molecular complexity index is 588. The molecule has 21 heavy (non-hydrogen) atoms. The van der Waals surface area contributed by atoms with Gasteiger partial charge in [0.05, 0.1) is 0 Å². The molecule has 0 spiro atoms. The second kappa shape index (κ2) is 7.36. The van der Waals surface area contributed by atoms with Crippen LogP contribution < -0.4 is 5.73 Å². The van der Waals surface area contributed by atoms with Gasteiger partial charge in [-0.15, -0.1) is 0 Å². The highest BCUT2D eigenvalue weighted by Gasteiger charge is 2.21. The second-order valence-corrected chi connectivity index (χ2v) is 6.43. The van der Waals surface area contributed by atoms with Crippen LogP contribution in [0, 0.1) is 0 Å². The molecule has 2 rings (SSSR count). The first-order valence-corrected chi connectivity index (χ1v) is 7.98. The predicted molar refractivity (Wildman–Crippen MR) is 91.4 cm³/mol. The summed E-state index contributed by atoms with van der Waals surface area (Å²) in [7, 11) is 2.08. The SMILES string of the molecule is CC(c1ccc(Cl)cc1)N(C)C(CN)c1cncc(Br)c1. The maximum absolute atomic E-state index is 5.99. The molecule has 2 N–H and O–H groups in total. The number of nitrogens with zero attached hydrogens (tertiary/aromatic N) is 2. The summed E-state index contributed by atoms with van der Waals surface area (Å²) in [4.78, 5) is 6.49. The molecule has 0 radical (unpaired) electrons. The Morgan fingerprint density at radius 1 is 1.24 bits per heavy atom. The first kappa shape index (κ1) is 16.4. The first-order chi connectivity index (χ1) is 10.0. The molecule has 1 heterocycles. The van der Waals surface area contributed by atoms with Crippen LogP contribution in [0.3, 0.4) is 0 Å². The highest BCUT2D eigenvalue weighted by atomic mass is 79.9. The fourth-order valence-corrected chi connectivity index (χ4v) is 2.90. The zero-order chi connectivity index (χ0) is 15.4. The molecule has 2 unspecified atom stereocenters. The smallest absolute Gasteiger partial charge is 0.0489 e. The highest BCUT2D eigenvalue weighted by Crippen LogP contribution is 2.29. The Hall–Kier alpha value is -0.940. The Morgan fingerprint density at radius 3 is 2.48 bits per heavy atom. The summed E-state index contributed by atoms with van der Waals surface area (Å²) in [6, 6.07) is 10.3. The van der Waals surface area contributed by atoms with Crippen LogP contribution in [-0.2, 0) is 0 Å². The van der Waals surface area contributed by atoms with E-state index in [4.69, 9.17) is 17.3 Å². The molecule has 0 aliphatic heterocycles. The fourth-order valence-electron chi connectivity index (χ4n) is 2.39. The summed E-state index contributed by atoms with van der Waals surface area (Å²) < 4.78 is 0.964. The zero-order valence-corrected chi connectivity index (χ0v) is 14.5. The minimum atomic E-state index is 0.112. The van der Waals surface area contributed by atoms with E-state index >= 15 is 0 Å². The van der Waals surface area contributed by atoms with Gasteiger partial charge in [-0.2, -0.15) is 0 Å². The molecule has 2 atom stereocenters. The number of halogens is 2. The van der Waals surface area contributed by atoms with Crippen molar-refractivity contribution in [2.45, 2.75) is 19.0 Å². The molecule has 0 saturated carbocycles. The van der Waals surface area contributed by atoms with Gasteiger partial charge >= 0.3 is 0 Å². The van der Waals surface area contributed by atoms with Crippen molar-refractivity contribution in [1.82, 2.24) is 9.88 Å². The Labute approximate surface area is 139 Å². The monoisotopic (exact) mass is 367 g/mol. The van der Waals surface area contributed by atoms with Crippen LogP contribution in [0.1, 0.15) is 30.1 Å². The second-order valence-electron chi connectivity index (χ2n) is 5.08. The lowest BCUT2D eigenvalue weighted by Gasteiger charge is -2.33. The van der Waals surface area contributed by atoms with Crippen LogP contribution in [0.25, 0.3) is 0 Å². The van der Waals surface area contributed by atoms with E-state index in [9.17, 15) is 0 Å². The van der Waals surface area contributed by atoms with Gasteiger partial charge < -0.3 is 5.73 Å². The summed E-state index contributed by atoms with van der Waals surface area (Å²) in [5.41, 5.74) is 8.31. The van der Waals surface area contributed by atoms with Crippen molar-refractivity contribution in [3.63, 3.8) is 0 Å². The molecule has 0 saturated heterocycles. The van der Waals surface area contributed by atoms with Gasteiger partial charge in [-0.05, 0) is 59.2 Å². The van der Waals surface area contributed by atoms with Gasteiger partial charge in [0.1, 0.15) is 0 Å². The van der Waals surface area contributed by atoms with Crippen molar-refractivity contribution < 1.29 is 0 Å². The largest absolute Gasteiger partial charge is 0.329 e. The Morgan fingerprint density at radius 2 is 1.90 bits per heavy atom. The Kier molecular flexibility index (Phi) is 5.76. The third-order valence-corrected chi connectivity index (χ3v) is 4.47. The van der Waals surface area contributed by atoms with Crippen molar-refractivity contribution >= 4 is 27.5 Å². The maximum atomic E-state index is 5.99. The van der Waals surface area contributed by atoms with E-state index in [0.29, 0.717) is 6.54 Å². The van der Waals surface area contributed by atoms with Gasteiger partial charge in [-0.1, -0.05) is 23.7 Å². The Balaban J connectivity index is 2.23. The minimum Gasteiger partial charge on any atom is -0.329 e. The number of benzene rings is 1. The molecule has 1 aromatic carbocycles. The standard InChI is InChI=1S/C16H19BrClN3/c1-11(12-3-5-15(18)6-4-12)21(2)16(8-19)13-7-14(17)10-20-9-13/h3-7,9-11,16H,8,19H2,1-2H3. The molecule has 0 amide bonds. The predicted octanol–water partition coefficient (Wildman–Crippen LogP) is 4.19. The highest BCUT2D eigenvalue weighted by molar-refractivity contribution is 9.10. The normalized spacial score (nSPS) is 14.2. The molecular weight excluding hydrogens is 350 g/mol. The third-order valence-electron chi connectivity index (χ3n) is 3.79. The van der Waals surface area contributed by atoms with E-state index in [0.717, 1.165) is 15.1 Å². The van der Waals surface area contributed by atoms with Crippen LogP contribution in [-0.4, -0.2) is 23.5 Å². The van der Waals surface area contributed by atoms with Crippen molar-refractivity contribution in [2.24, 2.45) is 5.73 Å². The quantitative estimate of drug-likeness (QED) is 0.860. The van der Waals surface area contributed by atoms with E-state index < -0.39 is 0 Å². The molecule has 112 valence electrons. The van der Waals surface area contributed by atoms with Crippen LogP contribution in [0.15, 0.2) is 47.2 Å². The molecule has 1 aromatic heterocycles. The van der Waals surface area contributed by atoms with E-state index in [-0.39, 0.29) is 12.1 Å². The van der Waals surface area contributed by atoms with E-state index in [1.807, 2.05) is 18.3 Å². The minimum absolute atomic E-state index is 0.112. The molecule has 2 aromatic rings. The molecule has 3 nitrogen and oxygen atoms in total. The van der Waals surface area contributed by atoms with Crippen LogP contribution in [0.4, 0.5) is 0 Å². The summed E-state index contributed by atoms with van der Waals surface area (Å²) >= 11 is 9.41. The van der Waals surface area contributed by atoms with Gasteiger partial charge in [-0.3, -0.25) is 9.88 Å². The fraction of sp³-hybridized carbons (Fsp3) is 0.312. The average molecular weight is 369 g/mol. The third kappa shape index (κ3) is 4.04. The van der Waals surface area contributed by atoms with Gasteiger partial charge in [-0.25, -0.2) is 0 Å². The lowest BCUT2D eigenvalue weighted by Crippen LogP contribution is -2.32. The number of pyridine rings is 1. The van der Waals surface area contributed by atoms with E-state index in [2.05, 4.69) is 58.0 Å². The van der Waals surface area contributed by atoms with E-state index in [1.54, 1.807) is 6.20 Å². The number of aromatic nitrogens is 1. The van der Waals surface area contributed by atoms with Gasteiger partial charge in [0.25, 0.3) is 0 Å². The number of nitrogens with two attached hydrogens (primary N) is 1. The van der Waals surface area contributed by atoms with E-state index in [1.165, 1.54) is 5.56 Å². The first-order valence-electron chi connectivity index (χ1n) is 6.81. The number of hydrogen-bond acceptors (Lipinski definition) is 3. The summed E-state index contributed by atoms with van der Waals surface area (Å²) in [6.07, 6.45) is 3.65. The van der Waals surface area contributed by atoms with Gasteiger partial charge in [0.2, 0.25) is 0 Å². The number of rotatable bonds is 5. The van der Waals surface area contributed by atoms with Crippen molar-refractivity contribution in [1.29, 1.82) is 0 Å². The summed E-state index contributed by atoms with van der Waals surface area (Å²) in [5, 5.41) is 0.750. The van der Waals surface area contributed by atoms with Crippen molar-refractivity contribution in [3.8, 4) is 0 Å². The molecule has 0 aliphatic carbocycles.